The number of nitrogens with zero attached hydrogens (tertiary/aromatic N) is 3. The first-order chi connectivity index (χ1) is 8.74. The number of piperidine rings is 1. The van der Waals surface area contributed by atoms with E-state index in [1.807, 2.05) is 13.1 Å². The molecule has 6 nitrogen and oxygen atoms in total. The molecule has 2 rings (SSSR count). The molecule has 2 N–H and O–H groups in total. The minimum atomic E-state index is -0.206. The van der Waals surface area contributed by atoms with Crippen LogP contribution in [0.5, 0.6) is 0 Å². The van der Waals surface area contributed by atoms with Gasteiger partial charge in [-0.05, 0) is 32.0 Å². The summed E-state index contributed by atoms with van der Waals surface area (Å²) < 4.78 is 0. The summed E-state index contributed by atoms with van der Waals surface area (Å²) >= 11 is 0. The lowest BCUT2D eigenvalue weighted by Gasteiger charge is -2.32. The van der Waals surface area contributed by atoms with E-state index in [1.54, 1.807) is 13.1 Å². The van der Waals surface area contributed by atoms with Crippen LogP contribution in [-0.4, -0.2) is 49.3 Å². The van der Waals surface area contributed by atoms with Crippen molar-refractivity contribution < 1.29 is 4.79 Å². The largest absolute Gasteiger partial charge is 0.355 e. The molecule has 1 aliphatic rings. The smallest absolute Gasteiger partial charge is 0.271 e. The van der Waals surface area contributed by atoms with Crippen LogP contribution in [0, 0.1) is 0 Å². The summed E-state index contributed by atoms with van der Waals surface area (Å²) in [6, 6.07) is 4.17. The van der Waals surface area contributed by atoms with Gasteiger partial charge in [-0.2, -0.15) is 0 Å². The molecule has 0 aromatic carbocycles. The fraction of sp³-hybridized carbons (Fsp3) is 0.583. The van der Waals surface area contributed by atoms with Crippen LogP contribution in [0.25, 0.3) is 0 Å². The van der Waals surface area contributed by atoms with Crippen LogP contribution in [0.1, 0.15) is 23.3 Å². The highest BCUT2D eigenvalue weighted by molar-refractivity contribution is 5.91. The van der Waals surface area contributed by atoms with Gasteiger partial charge >= 0.3 is 0 Å². The molecule has 18 heavy (non-hydrogen) atoms. The summed E-state index contributed by atoms with van der Waals surface area (Å²) in [5, 5.41) is 13.9. The van der Waals surface area contributed by atoms with E-state index in [0.29, 0.717) is 11.7 Å². The second-order valence-electron chi connectivity index (χ2n) is 4.41. The third kappa shape index (κ3) is 2.76. The fourth-order valence-electron chi connectivity index (χ4n) is 2.14. The molecule has 0 aliphatic carbocycles. The maximum absolute atomic E-state index is 11.3. The van der Waals surface area contributed by atoms with Gasteiger partial charge in [-0.1, -0.05) is 0 Å². The number of hydrogen-bond donors (Lipinski definition) is 2. The molecule has 0 atom stereocenters. The van der Waals surface area contributed by atoms with Gasteiger partial charge in [-0.15, -0.1) is 10.2 Å². The highest BCUT2D eigenvalue weighted by atomic mass is 16.1. The van der Waals surface area contributed by atoms with Crippen LogP contribution in [0.2, 0.25) is 0 Å². The Morgan fingerprint density at radius 1 is 1.28 bits per heavy atom. The number of hydrogen-bond acceptors (Lipinski definition) is 5. The Hall–Kier alpha value is -1.69. The average Bonchev–Trinajstić information content (AvgIpc) is 2.47. The molecule has 0 saturated carbocycles. The van der Waals surface area contributed by atoms with E-state index in [4.69, 9.17) is 0 Å². The van der Waals surface area contributed by atoms with Gasteiger partial charge in [-0.3, -0.25) is 4.79 Å². The molecule has 0 radical (unpaired) electrons. The molecular weight excluding hydrogens is 230 g/mol. The Morgan fingerprint density at radius 2 is 2.00 bits per heavy atom. The van der Waals surface area contributed by atoms with Crippen molar-refractivity contribution in [1.82, 2.24) is 20.8 Å². The van der Waals surface area contributed by atoms with Crippen LogP contribution in [0.3, 0.4) is 0 Å². The minimum absolute atomic E-state index is 0.206. The van der Waals surface area contributed by atoms with Gasteiger partial charge in [-0.25, -0.2) is 0 Å². The van der Waals surface area contributed by atoms with Gasteiger partial charge in [0, 0.05) is 26.2 Å². The van der Waals surface area contributed by atoms with Gasteiger partial charge in [0.25, 0.3) is 5.91 Å². The van der Waals surface area contributed by atoms with Crippen molar-refractivity contribution in [3.63, 3.8) is 0 Å². The zero-order chi connectivity index (χ0) is 13.0. The fourth-order valence-corrected chi connectivity index (χ4v) is 2.14. The van der Waals surface area contributed by atoms with Crippen molar-refractivity contribution in [1.29, 1.82) is 0 Å². The quantitative estimate of drug-likeness (QED) is 0.790. The Balaban J connectivity index is 2.00. The Labute approximate surface area is 107 Å². The standard InChI is InChI=1S/C12H19N5O/c1-13-9-5-7-17(8-6-9)11-4-3-10(15-16-11)12(18)14-2/h3-4,9,13H,5-8H2,1-2H3,(H,14,18). The third-order valence-electron chi connectivity index (χ3n) is 3.34. The molecule has 1 aromatic heterocycles. The lowest BCUT2D eigenvalue weighted by molar-refractivity contribution is 0.0957. The number of rotatable bonds is 3. The molecule has 0 spiro atoms. The van der Waals surface area contributed by atoms with E-state index in [2.05, 4.69) is 25.7 Å². The Bertz CT molecular complexity index is 397. The van der Waals surface area contributed by atoms with Gasteiger partial charge in [0.05, 0.1) is 0 Å². The van der Waals surface area contributed by atoms with Crippen LogP contribution >= 0.6 is 0 Å². The first-order valence-electron chi connectivity index (χ1n) is 6.22. The highest BCUT2D eigenvalue weighted by Crippen LogP contribution is 2.16. The van der Waals surface area contributed by atoms with E-state index in [1.165, 1.54) is 0 Å². The molecule has 2 heterocycles. The first kappa shape index (κ1) is 12.8. The van der Waals surface area contributed by atoms with E-state index in [-0.39, 0.29) is 5.91 Å². The lowest BCUT2D eigenvalue weighted by Crippen LogP contribution is -2.41. The zero-order valence-electron chi connectivity index (χ0n) is 10.8. The van der Waals surface area contributed by atoms with Gasteiger partial charge in [0.2, 0.25) is 0 Å². The van der Waals surface area contributed by atoms with E-state index in [0.717, 1.165) is 31.7 Å². The number of amides is 1. The summed E-state index contributed by atoms with van der Waals surface area (Å²) in [7, 11) is 3.58. The van der Waals surface area contributed by atoms with E-state index < -0.39 is 0 Å². The molecule has 1 saturated heterocycles. The zero-order valence-corrected chi connectivity index (χ0v) is 10.8. The van der Waals surface area contributed by atoms with Gasteiger partial charge < -0.3 is 15.5 Å². The summed E-state index contributed by atoms with van der Waals surface area (Å²) in [6.45, 7) is 1.94. The van der Waals surface area contributed by atoms with Crippen molar-refractivity contribution in [2.45, 2.75) is 18.9 Å². The summed E-state index contributed by atoms with van der Waals surface area (Å²) in [5.41, 5.74) is 0.353. The second kappa shape index (κ2) is 5.77. The maximum atomic E-state index is 11.3. The number of nitrogens with one attached hydrogen (secondary N) is 2. The van der Waals surface area contributed by atoms with Crippen LogP contribution in [0.15, 0.2) is 12.1 Å². The monoisotopic (exact) mass is 249 g/mol. The number of aromatic nitrogens is 2. The predicted octanol–water partition coefficient (Wildman–Crippen LogP) is 0.0244. The molecule has 98 valence electrons. The molecule has 6 heteroatoms. The van der Waals surface area contributed by atoms with Crippen LogP contribution in [-0.2, 0) is 0 Å². The van der Waals surface area contributed by atoms with Crippen molar-refractivity contribution in [2.24, 2.45) is 0 Å². The van der Waals surface area contributed by atoms with Gasteiger partial charge in [0.1, 0.15) is 0 Å². The Kier molecular flexibility index (Phi) is 4.09. The topological polar surface area (TPSA) is 70.2 Å². The molecule has 1 aromatic rings. The first-order valence-corrected chi connectivity index (χ1v) is 6.22. The minimum Gasteiger partial charge on any atom is -0.355 e. The number of anilines is 1. The lowest BCUT2D eigenvalue weighted by atomic mass is 10.1. The van der Waals surface area contributed by atoms with E-state index >= 15 is 0 Å². The predicted molar refractivity (Wildman–Crippen MR) is 69.7 cm³/mol. The van der Waals surface area contributed by atoms with Crippen molar-refractivity contribution in [3.05, 3.63) is 17.8 Å². The van der Waals surface area contributed by atoms with Crippen LogP contribution < -0.4 is 15.5 Å². The number of carbonyl (C=O) groups is 1. The molecule has 1 fully saturated rings. The number of carbonyl (C=O) groups excluding carboxylic acids is 1. The maximum Gasteiger partial charge on any atom is 0.271 e. The van der Waals surface area contributed by atoms with Gasteiger partial charge in [0.15, 0.2) is 11.5 Å². The molecule has 1 aliphatic heterocycles. The molecule has 0 unspecified atom stereocenters. The SMILES string of the molecule is CNC(=O)c1ccc(N2CCC(NC)CC2)nn1. The third-order valence-corrected chi connectivity index (χ3v) is 3.34. The summed E-state index contributed by atoms with van der Waals surface area (Å²) in [4.78, 5) is 13.6. The summed E-state index contributed by atoms with van der Waals surface area (Å²) in [6.07, 6.45) is 2.21. The van der Waals surface area contributed by atoms with E-state index in [9.17, 15) is 4.79 Å². The Morgan fingerprint density at radius 3 is 2.50 bits per heavy atom. The normalized spacial score (nSPS) is 16.7. The van der Waals surface area contributed by atoms with Crippen molar-refractivity contribution in [2.75, 3.05) is 32.1 Å². The molecular formula is C12H19N5O. The average molecular weight is 249 g/mol. The highest BCUT2D eigenvalue weighted by Gasteiger charge is 2.19. The second-order valence-corrected chi connectivity index (χ2v) is 4.41. The molecule has 1 amide bonds. The van der Waals surface area contributed by atoms with Crippen molar-refractivity contribution in [3.8, 4) is 0 Å². The van der Waals surface area contributed by atoms with Crippen molar-refractivity contribution >= 4 is 11.7 Å². The van der Waals surface area contributed by atoms with Crippen LogP contribution in [0.4, 0.5) is 5.82 Å². The molecule has 0 bridgehead atoms. The summed E-state index contributed by atoms with van der Waals surface area (Å²) in [5.74, 6) is 0.639.